The Morgan fingerprint density at radius 2 is 1.71 bits per heavy atom. The van der Waals surface area contributed by atoms with Gasteiger partial charge in [-0.1, -0.05) is 48.2 Å². The van der Waals surface area contributed by atoms with Crippen molar-refractivity contribution in [2.45, 2.75) is 11.7 Å². The predicted octanol–water partition coefficient (Wildman–Crippen LogP) is 4.32. The van der Waals surface area contributed by atoms with E-state index in [1.807, 2.05) is 18.2 Å². The molecule has 172 valence electrons. The predicted molar refractivity (Wildman–Crippen MR) is 127 cm³/mol. The van der Waals surface area contributed by atoms with Crippen molar-refractivity contribution in [1.29, 1.82) is 0 Å². The fraction of sp³-hybridized carbons (Fsp3) is 0.120. The summed E-state index contributed by atoms with van der Waals surface area (Å²) in [5, 5.41) is 11.7. The Labute approximate surface area is 200 Å². The Kier molecular flexibility index (Phi) is 7.34. The van der Waals surface area contributed by atoms with Crippen LogP contribution in [0.15, 0.2) is 84.0 Å². The van der Waals surface area contributed by atoms with E-state index >= 15 is 0 Å². The maximum Gasteiger partial charge on any atom is 0.251 e. The third-order valence-corrected chi connectivity index (χ3v) is 5.88. The number of carbonyl (C=O) groups is 2. The van der Waals surface area contributed by atoms with Crippen molar-refractivity contribution in [2.24, 2.45) is 0 Å². The van der Waals surface area contributed by atoms with E-state index in [-0.39, 0.29) is 29.8 Å². The van der Waals surface area contributed by atoms with Crippen LogP contribution in [-0.2, 0) is 6.54 Å². The maximum atomic E-state index is 13.5. The van der Waals surface area contributed by atoms with Crippen LogP contribution in [0.1, 0.15) is 26.5 Å². The van der Waals surface area contributed by atoms with E-state index in [4.69, 9.17) is 4.74 Å². The van der Waals surface area contributed by atoms with Crippen LogP contribution in [0.5, 0.6) is 5.75 Å². The molecule has 0 saturated carbocycles. The number of aromatic nitrogens is 3. The molecule has 34 heavy (non-hydrogen) atoms. The Morgan fingerprint density at radius 3 is 2.44 bits per heavy atom. The van der Waals surface area contributed by atoms with Crippen LogP contribution in [0.2, 0.25) is 0 Å². The Morgan fingerprint density at radius 1 is 0.971 bits per heavy atom. The average Bonchev–Trinajstić information content (AvgIpc) is 3.29. The molecule has 0 aliphatic carbocycles. The smallest absolute Gasteiger partial charge is 0.251 e. The van der Waals surface area contributed by atoms with Gasteiger partial charge in [0.05, 0.1) is 19.4 Å². The van der Waals surface area contributed by atoms with Gasteiger partial charge in [-0.05, 0) is 42.5 Å². The molecular formula is C25H21FN4O3S. The zero-order chi connectivity index (χ0) is 23.9. The van der Waals surface area contributed by atoms with Gasteiger partial charge in [0.2, 0.25) is 0 Å². The highest BCUT2D eigenvalue weighted by Gasteiger charge is 2.18. The molecular weight excluding hydrogens is 455 g/mol. The van der Waals surface area contributed by atoms with Gasteiger partial charge in [0.15, 0.2) is 16.8 Å². The van der Waals surface area contributed by atoms with Crippen molar-refractivity contribution in [3.05, 3.63) is 102 Å². The van der Waals surface area contributed by atoms with E-state index in [1.54, 1.807) is 53.1 Å². The van der Waals surface area contributed by atoms with Crippen LogP contribution in [0, 0.1) is 5.82 Å². The SMILES string of the molecule is COc1cccc(C(=O)NCc2nnc(SCC(=O)c3ccccc3)n2-c2ccc(F)cc2)c1. The number of ketones is 1. The number of nitrogens with one attached hydrogen (secondary N) is 1. The lowest BCUT2D eigenvalue weighted by Gasteiger charge is -2.11. The van der Waals surface area contributed by atoms with Gasteiger partial charge >= 0.3 is 0 Å². The zero-order valence-electron chi connectivity index (χ0n) is 18.3. The van der Waals surface area contributed by atoms with Gasteiger partial charge in [0.1, 0.15) is 11.6 Å². The van der Waals surface area contributed by atoms with Gasteiger partial charge in [0.25, 0.3) is 5.91 Å². The molecule has 0 bridgehead atoms. The molecule has 1 heterocycles. The first-order valence-corrected chi connectivity index (χ1v) is 11.4. The van der Waals surface area contributed by atoms with E-state index in [0.29, 0.717) is 33.5 Å². The molecule has 0 radical (unpaired) electrons. The maximum absolute atomic E-state index is 13.5. The van der Waals surface area contributed by atoms with Crippen molar-refractivity contribution in [1.82, 2.24) is 20.1 Å². The minimum atomic E-state index is -0.377. The van der Waals surface area contributed by atoms with Crippen LogP contribution in [-0.4, -0.2) is 39.3 Å². The monoisotopic (exact) mass is 476 g/mol. The number of ether oxygens (including phenoxy) is 1. The summed E-state index contributed by atoms with van der Waals surface area (Å²) >= 11 is 1.22. The number of thioether (sulfide) groups is 1. The molecule has 0 atom stereocenters. The number of methoxy groups -OCH3 is 1. The van der Waals surface area contributed by atoms with E-state index in [9.17, 15) is 14.0 Å². The number of rotatable bonds is 9. The summed E-state index contributed by atoms with van der Waals surface area (Å²) in [6.45, 7) is 0.0770. The summed E-state index contributed by atoms with van der Waals surface area (Å²) in [4.78, 5) is 25.2. The van der Waals surface area contributed by atoms with Crippen molar-refractivity contribution in [3.63, 3.8) is 0 Å². The summed E-state index contributed by atoms with van der Waals surface area (Å²) in [5.41, 5.74) is 1.66. The molecule has 0 aliphatic rings. The second-order valence-corrected chi connectivity index (χ2v) is 8.15. The highest BCUT2D eigenvalue weighted by molar-refractivity contribution is 7.99. The molecule has 0 aliphatic heterocycles. The molecule has 7 nitrogen and oxygen atoms in total. The van der Waals surface area contributed by atoms with Crippen LogP contribution < -0.4 is 10.1 Å². The van der Waals surface area contributed by atoms with E-state index in [1.165, 1.54) is 31.0 Å². The largest absolute Gasteiger partial charge is 0.497 e. The average molecular weight is 477 g/mol. The Balaban J connectivity index is 1.54. The van der Waals surface area contributed by atoms with Crippen LogP contribution in [0.3, 0.4) is 0 Å². The molecule has 9 heteroatoms. The minimum Gasteiger partial charge on any atom is -0.497 e. The van der Waals surface area contributed by atoms with Crippen LogP contribution in [0.25, 0.3) is 5.69 Å². The summed E-state index contributed by atoms with van der Waals surface area (Å²) in [7, 11) is 1.53. The molecule has 4 aromatic rings. The van der Waals surface area contributed by atoms with Gasteiger partial charge in [-0.2, -0.15) is 0 Å². The molecule has 0 fully saturated rings. The fourth-order valence-corrected chi connectivity index (χ4v) is 4.09. The molecule has 1 aromatic heterocycles. The van der Waals surface area contributed by atoms with Gasteiger partial charge in [-0.25, -0.2) is 4.39 Å². The third-order valence-electron chi connectivity index (χ3n) is 4.95. The highest BCUT2D eigenvalue weighted by atomic mass is 32.2. The quantitative estimate of drug-likeness (QED) is 0.286. The number of hydrogen-bond donors (Lipinski definition) is 1. The molecule has 1 amide bonds. The molecule has 3 aromatic carbocycles. The highest BCUT2D eigenvalue weighted by Crippen LogP contribution is 2.23. The Bertz CT molecular complexity index is 1290. The summed E-state index contributed by atoms with van der Waals surface area (Å²) < 4.78 is 20.4. The standard InChI is InChI=1S/C25H21FN4O3S/c1-33-21-9-5-8-18(14-21)24(32)27-15-23-28-29-25(30(23)20-12-10-19(26)11-13-20)34-16-22(31)17-6-3-2-4-7-17/h2-14H,15-16H2,1H3,(H,27,32). The fourth-order valence-electron chi connectivity index (χ4n) is 3.22. The number of nitrogens with zero attached hydrogens (tertiary/aromatic N) is 3. The number of amides is 1. The van der Waals surface area contributed by atoms with Crippen molar-refractivity contribution in [2.75, 3.05) is 12.9 Å². The first-order valence-electron chi connectivity index (χ1n) is 10.4. The van der Waals surface area contributed by atoms with Gasteiger partial charge < -0.3 is 10.1 Å². The molecule has 0 saturated heterocycles. The minimum absolute atomic E-state index is 0.0490. The number of benzene rings is 3. The molecule has 4 rings (SSSR count). The molecule has 0 unspecified atom stereocenters. The number of halogens is 1. The van der Waals surface area contributed by atoms with Crippen LogP contribution in [0.4, 0.5) is 4.39 Å². The number of carbonyl (C=O) groups excluding carboxylic acids is 2. The molecule has 0 spiro atoms. The third kappa shape index (κ3) is 5.49. The van der Waals surface area contributed by atoms with Gasteiger partial charge in [-0.15, -0.1) is 10.2 Å². The molecule has 1 N–H and O–H groups in total. The second kappa shape index (κ2) is 10.8. The van der Waals surface area contributed by atoms with Crippen molar-refractivity contribution >= 4 is 23.5 Å². The lowest BCUT2D eigenvalue weighted by molar-refractivity contribution is 0.0948. The lowest BCUT2D eigenvalue weighted by atomic mass is 10.2. The number of hydrogen-bond acceptors (Lipinski definition) is 6. The Hall–Kier alpha value is -3.98. The van der Waals surface area contributed by atoms with Gasteiger partial charge in [-0.3, -0.25) is 14.2 Å². The van der Waals surface area contributed by atoms with E-state index < -0.39 is 0 Å². The first-order chi connectivity index (χ1) is 16.5. The van der Waals surface area contributed by atoms with Crippen molar-refractivity contribution in [3.8, 4) is 11.4 Å². The summed E-state index contributed by atoms with van der Waals surface area (Å²) in [6.07, 6.45) is 0. The lowest BCUT2D eigenvalue weighted by Crippen LogP contribution is -2.24. The van der Waals surface area contributed by atoms with E-state index in [0.717, 1.165) is 0 Å². The summed E-state index contributed by atoms with van der Waals surface area (Å²) in [5.74, 6) is 0.437. The number of Topliss-reactive ketones (excluding diaryl/α,β-unsaturated/α-hetero) is 1. The summed E-state index contributed by atoms with van der Waals surface area (Å²) in [6, 6.07) is 21.6. The second-order valence-electron chi connectivity index (χ2n) is 7.20. The van der Waals surface area contributed by atoms with E-state index in [2.05, 4.69) is 15.5 Å². The first kappa shape index (κ1) is 23.2. The van der Waals surface area contributed by atoms with Crippen molar-refractivity contribution < 1.29 is 18.7 Å². The zero-order valence-corrected chi connectivity index (χ0v) is 19.1. The van der Waals surface area contributed by atoms with Crippen LogP contribution >= 0.6 is 11.8 Å². The topological polar surface area (TPSA) is 86.1 Å². The normalized spacial score (nSPS) is 10.6. The van der Waals surface area contributed by atoms with Gasteiger partial charge in [0, 0.05) is 16.8 Å².